The van der Waals surface area contributed by atoms with Gasteiger partial charge in [0.15, 0.2) is 0 Å². The number of rotatable bonds is 7. The van der Waals surface area contributed by atoms with Crippen molar-refractivity contribution in [2.24, 2.45) is 5.92 Å². The molecule has 1 aliphatic heterocycles. The van der Waals surface area contributed by atoms with E-state index in [9.17, 15) is 9.59 Å². The van der Waals surface area contributed by atoms with Gasteiger partial charge in [-0.25, -0.2) is 9.59 Å². The van der Waals surface area contributed by atoms with Gasteiger partial charge in [0, 0.05) is 10.2 Å². The molecule has 0 radical (unpaired) electrons. The molecule has 2 N–H and O–H groups in total. The van der Waals surface area contributed by atoms with Gasteiger partial charge in [-0.05, 0) is 48.2 Å². The highest BCUT2D eigenvalue weighted by Gasteiger charge is 2.34. The zero-order valence-corrected chi connectivity index (χ0v) is 18.8. The molecular weight excluding hydrogens is 448 g/mol. The summed E-state index contributed by atoms with van der Waals surface area (Å²) >= 11 is 3.42. The molecule has 0 saturated carbocycles. The predicted molar refractivity (Wildman–Crippen MR) is 118 cm³/mol. The van der Waals surface area contributed by atoms with E-state index in [1.165, 1.54) is 0 Å². The Morgan fingerprint density at radius 2 is 1.77 bits per heavy atom. The zero-order valence-electron chi connectivity index (χ0n) is 17.2. The van der Waals surface area contributed by atoms with Gasteiger partial charge < -0.3 is 20.1 Å². The van der Waals surface area contributed by atoms with Crippen LogP contribution in [-0.4, -0.2) is 18.6 Å². The molecule has 7 heteroatoms. The van der Waals surface area contributed by atoms with Crippen LogP contribution in [0.3, 0.4) is 0 Å². The predicted octanol–water partition coefficient (Wildman–Crippen LogP) is 4.86. The van der Waals surface area contributed by atoms with Gasteiger partial charge in [-0.15, -0.1) is 0 Å². The van der Waals surface area contributed by atoms with E-state index in [0.29, 0.717) is 23.6 Å². The van der Waals surface area contributed by atoms with Crippen LogP contribution in [0.4, 0.5) is 4.79 Å². The quantitative estimate of drug-likeness (QED) is 0.564. The topological polar surface area (TPSA) is 76.7 Å². The SMILES string of the molecule is CCOC(=O)C1=C(C(C)C)NC(=O)NC1c1ccc(OCc2ccc(Br)cc2)cc1. The highest BCUT2D eigenvalue weighted by Crippen LogP contribution is 2.31. The van der Waals surface area contributed by atoms with Crippen LogP contribution in [0.5, 0.6) is 5.75 Å². The highest BCUT2D eigenvalue weighted by atomic mass is 79.9. The number of carbonyl (C=O) groups is 2. The normalized spacial score (nSPS) is 16.2. The van der Waals surface area contributed by atoms with Crippen LogP contribution in [0.2, 0.25) is 0 Å². The summed E-state index contributed by atoms with van der Waals surface area (Å²) in [6.45, 7) is 6.32. The maximum atomic E-state index is 12.7. The fourth-order valence-corrected chi connectivity index (χ4v) is 3.49. The first-order chi connectivity index (χ1) is 14.4. The molecule has 1 heterocycles. The number of amides is 2. The van der Waals surface area contributed by atoms with E-state index >= 15 is 0 Å². The molecule has 0 bridgehead atoms. The van der Waals surface area contributed by atoms with E-state index in [4.69, 9.17) is 9.47 Å². The van der Waals surface area contributed by atoms with Crippen molar-refractivity contribution in [3.05, 3.63) is 75.4 Å². The van der Waals surface area contributed by atoms with Gasteiger partial charge >= 0.3 is 12.0 Å². The maximum absolute atomic E-state index is 12.7. The standard InChI is InChI=1S/C23H25BrN2O4/c1-4-29-22(27)19-20(14(2)3)25-23(28)26-21(19)16-7-11-18(12-8-16)30-13-15-5-9-17(24)10-6-15/h5-12,14,21H,4,13H2,1-3H3,(H2,25,26,28). The molecule has 1 unspecified atom stereocenters. The average Bonchev–Trinajstić information content (AvgIpc) is 2.73. The summed E-state index contributed by atoms with van der Waals surface area (Å²) in [7, 11) is 0. The number of benzene rings is 2. The molecule has 0 spiro atoms. The number of esters is 1. The molecule has 2 amide bonds. The van der Waals surface area contributed by atoms with Gasteiger partial charge in [-0.3, -0.25) is 0 Å². The Kier molecular flexibility index (Phi) is 7.15. The van der Waals surface area contributed by atoms with Crippen LogP contribution >= 0.6 is 15.9 Å². The van der Waals surface area contributed by atoms with Crippen molar-refractivity contribution in [2.45, 2.75) is 33.4 Å². The third-order valence-electron chi connectivity index (χ3n) is 4.71. The van der Waals surface area contributed by atoms with E-state index < -0.39 is 12.0 Å². The monoisotopic (exact) mass is 472 g/mol. The van der Waals surface area contributed by atoms with Gasteiger partial charge in [0.05, 0.1) is 18.2 Å². The molecule has 6 nitrogen and oxygen atoms in total. The van der Waals surface area contributed by atoms with Gasteiger partial charge in [0.1, 0.15) is 12.4 Å². The molecule has 1 atom stereocenters. The van der Waals surface area contributed by atoms with E-state index in [-0.39, 0.29) is 18.6 Å². The lowest BCUT2D eigenvalue weighted by Gasteiger charge is -2.31. The van der Waals surface area contributed by atoms with Gasteiger partial charge in [-0.1, -0.05) is 54.0 Å². The van der Waals surface area contributed by atoms with E-state index in [2.05, 4.69) is 26.6 Å². The number of allylic oxidation sites excluding steroid dienone is 1. The first-order valence-corrected chi connectivity index (χ1v) is 10.6. The van der Waals surface area contributed by atoms with E-state index in [0.717, 1.165) is 15.6 Å². The zero-order chi connectivity index (χ0) is 21.7. The molecule has 0 aromatic heterocycles. The van der Waals surface area contributed by atoms with Crippen molar-refractivity contribution in [1.29, 1.82) is 0 Å². The van der Waals surface area contributed by atoms with Gasteiger partial charge in [0.25, 0.3) is 0 Å². The summed E-state index contributed by atoms with van der Waals surface area (Å²) in [5.74, 6) is 0.230. The summed E-state index contributed by atoms with van der Waals surface area (Å²) in [5.41, 5.74) is 2.84. The van der Waals surface area contributed by atoms with Crippen molar-refractivity contribution in [3.8, 4) is 5.75 Å². The minimum absolute atomic E-state index is 0.0357. The number of hydrogen-bond acceptors (Lipinski definition) is 4. The summed E-state index contributed by atoms with van der Waals surface area (Å²) in [4.78, 5) is 24.9. The Labute approximate surface area is 184 Å². The number of halogens is 1. The minimum atomic E-state index is -0.587. The molecule has 1 aliphatic rings. The average molecular weight is 473 g/mol. The molecule has 2 aromatic rings. The molecule has 3 rings (SSSR count). The number of ether oxygens (including phenoxy) is 2. The van der Waals surface area contributed by atoms with E-state index in [1.807, 2.05) is 62.4 Å². The van der Waals surface area contributed by atoms with Crippen molar-refractivity contribution in [2.75, 3.05) is 6.61 Å². The van der Waals surface area contributed by atoms with Crippen LogP contribution in [0.25, 0.3) is 0 Å². The first-order valence-electron chi connectivity index (χ1n) is 9.85. The second-order valence-electron chi connectivity index (χ2n) is 7.22. The number of carbonyl (C=O) groups excluding carboxylic acids is 2. The van der Waals surface area contributed by atoms with Crippen molar-refractivity contribution < 1.29 is 19.1 Å². The van der Waals surface area contributed by atoms with Crippen LogP contribution in [0.15, 0.2) is 64.3 Å². The van der Waals surface area contributed by atoms with Gasteiger partial charge in [0.2, 0.25) is 0 Å². The van der Waals surface area contributed by atoms with Crippen molar-refractivity contribution >= 4 is 27.9 Å². The molecule has 158 valence electrons. The Morgan fingerprint density at radius 1 is 1.10 bits per heavy atom. The molecule has 0 aliphatic carbocycles. The lowest BCUT2D eigenvalue weighted by Crippen LogP contribution is -2.47. The fourth-order valence-electron chi connectivity index (χ4n) is 3.23. The Bertz CT molecular complexity index is 937. The highest BCUT2D eigenvalue weighted by molar-refractivity contribution is 9.10. The van der Waals surface area contributed by atoms with E-state index in [1.54, 1.807) is 6.92 Å². The van der Waals surface area contributed by atoms with Crippen LogP contribution in [0.1, 0.15) is 37.9 Å². The first kappa shape index (κ1) is 21.9. The maximum Gasteiger partial charge on any atom is 0.338 e. The number of nitrogens with one attached hydrogen (secondary N) is 2. The molecule has 2 aromatic carbocycles. The van der Waals surface area contributed by atoms with Crippen LogP contribution in [0, 0.1) is 5.92 Å². The molecule has 30 heavy (non-hydrogen) atoms. The summed E-state index contributed by atoms with van der Waals surface area (Å²) in [6.07, 6.45) is 0. The molecular formula is C23H25BrN2O4. The molecule has 0 saturated heterocycles. The van der Waals surface area contributed by atoms with Gasteiger partial charge in [-0.2, -0.15) is 0 Å². The lowest BCUT2D eigenvalue weighted by molar-refractivity contribution is -0.139. The van der Waals surface area contributed by atoms with Crippen molar-refractivity contribution in [3.63, 3.8) is 0 Å². The Hall–Kier alpha value is -2.80. The van der Waals surface area contributed by atoms with Crippen molar-refractivity contribution in [1.82, 2.24) is 10.6 Å². The number of hydrogen-bond donors (Lipinski definition) is 2. The number of urea groups is 1. The third-order valence-corrected chi connectivity index (χ3v) is 5.24. The summed E-state index contributed by atoms with van der Waals surface area (Å²) in [6, 6.07) is 14.4. The van der Waals surface area contributed by atoms with Crippen LogP contribution in [-0.2, 0) is 16.1 Å². The Morgan fingerprint density at radius 3 is 2.37 bits per heavy atom. The van der Waals surface area contributed by atoms with Crippen LogP contribution < -0.4 is 15.4 Å². The lowest BCUT2D eigenvalue weighted by atomic mass is 9.91. The third kappa shape index (κ3) is 5.21. The fraction of sp³-hybridized carbons (Fsp3) is 0.304. The minimum Gasteiger partial charge on any atom is -0.489 e. The largest absolute Gasteiger partial charge is 0.489 e. The second-order valence-corrected chi connectivity index (χ2v) is 8.13. The smallest absolute Gasteiger partial charge is 0.338 e. The summed E-state index contributed by atoms with van der Waals surface area (Å²) < 4.78 is 12.1. The molecule has 0 fully saturated rings. The Balaban J connectivity index is 1.81. The second kappa shape index (κ2) is 9.80. The summed E-state index contributed by atoms with van der Waals surface area (Å²) in [5, 5.41) is 5.59.